The van der Waals surface area contributed by atoms with Crippen LogP contribution in [-0.4, -0.2) is 40.0 Å². The van der Waals surface area contributed by atoms with Gasteiger partial charge >= 0.3 is 5.97 Å². The number of hydrogen-bond donors (Lipinski definition) is 1. The first-order valence-electron chi connectivity index (χ1n) is 8.64. The van der Waals surface area contributed by atoms with Gasteiger partial charge in [0.05, 0.1) is 12.1 Å². The fraction of sp³-hybridized carbons (Fsp3) is 0.421. The van der Waals surface area contributed by atoms with Crippen molar-refractivity contribution >= 4 is 11.9 Å². The van der Waals surface area contributed by atoms with Crippen LogP contribution >= 0.6 is 0 Å². The molecule has 6 heteroatoms. The zero-order valence-corrected chi connectivity index (χ0v) is 14.1. The molecule has 132 valence electrons. The van der Waals surface area contributed by atoms with Gasteiger partial charge in [0.15, 0.2) is 11.7 Å². The van der Waals surface area contributed by atoms with Crippen LogP contribution in [0.15, 0.2) is 40.9 Å². The third-order valence-electron chi connectivity index (χ3n) is 4.52. The van der Waals surface area contributed by atoms with Gasteiger partial charge in [0.1, 0.15) is 0 Å². The third-order valence-corrected chi connectivity index (χ3v) is 4.52. The number of aliphatic carboxylic acids is 1. The van der Waals surface area contributed by atoms with E-state index in [9.17, 15) is 9.59 Å². The molecular formula is C19H22N2O4. The van der Waals surface area contributed by atoms with E-state index in [1.165, 1.54) is 0 Å². The van der Waals surface area contributed by atoms with Crippen LogP contribution in [-0.2, 0) is 16.0 Å². The molecule has 0 unspecified atom stereocenters. The minimum Gasteiger partial charge on any atom is -0.481 e. The number of oxazole rings is 1. The SMILES string of the molecule is O=C(O)[C@H]1CCCN(C(=O)CCCc2ncc(-c3ccccc3)o2)C1. The van der Waals surface area contributed by atoms with Gasteiger partial charge in [-0.15, -0.1) is 0 Å². The summed E-state index contributed by atoms with van der Waals surface area (Å²) >= 11 is 0. The Kier molecular flexibility index (Phi) is 5.48. The van der Waals surface area contributed by atoms with E-state index in [0.717, 1.165) is 17.7 Å². The van der Waals surface area contributed by atoms with Crippen molar-refractivity contribution in [2.24, 2.45) is 5.92 Å². The average Bonchev–Trinajstić information content (AvgIpc) is 3.11. The Bertz CT molecular complexity index is 726. The van der Waals surface area contributed by atoms with Gasteiger partial charge in [-0.1, -0.05) is 30.3 Å². The summed E-state index contributed by atoms with van der Waals surface area (Å²) in [5.74, 6) is 0.111. The molecule has 1 saturated heterocycles. The molecule has 1 aliphatic rings. The van der Waals surface area contributed by atoms with Crippen LogP contribution < -0.4 is 0 Å². The number of carbonyl (C=O) groups excluding carboxylic acids is 1. The molecule has 1 aliphatic heterocycles. The van der Waals surface area contributed by atoms with Crippen LogP contribution in [0.2, 0.25) is 0 Å². The number of carboxylic acid groups (broad SMARTS) is 1. The van der Waals surface area contributed by atoms with Gasteiger partial charge in [-0.05, 0) is 19.3 Å². The van der Waals surface area contributed by atoms with Crippen LogP contribution in [0.4, 0.5) is 0 Å². The molecule has 3 rings (SSSR count). The summed E-state index contributed by atoms with van der Waals surface area (Å²) in [5.41, 5.74) is 0.977. The lowest BCUT2D eigenvalue weighted by Gasteiger charge is -2.30. The molecule has 2 aromatic rings. The Morgan fingerprint density at radius 1 is 1.28 bits per heavy atom. The predicted octanol–water partition coefficient (Wildman–Crippen LogP) is 2.99. The van der Waals surface area contributed by atoms with Gasteiger partial charge in [-0.2, -0.15) is 0 Å². The highest BCUT2D eigenvalue weighted by Crippen LogP contribution is 2.21. The topological polar surface area (TPSA) is 83.6 Å². The lowest BCUT2D eigenvalue weighted by Crippen LogP contribution is -2.42. The fourth-order valence-electron chi connectivity index (χ4n) is 3.12. The highest BCUT2D eigenvalue weighted by atomic mass is 16.4. The van der Waals surface area contributed by atoms with Crippen LogP contribution in [0.3, 0.4) is 0 Å². The molecule has 6 nitrogen and oxygen atoms in total. The molecule has 0 bridgehead atoms. The van der Waals surface area contributed by atoms with Gasteiger partial charge in [0, 0.05) is 31.5 Å². The van der Waals surface area contributed by atoms with Crippen molar-refractivity contribution in [1.82, 2.24) is 9.88 Å². The third kappa shape index (κ3) is 4.47. The van der Waals surface area contributed by atoms with Crippen LogP contribution in [0, 0.1) is 5.92 Å². The number of carbonyl (C=O) groups is 2. The molecule has 0 spiro atoms. The van der Waals surface area contributed by atoms with Gasteiger partial charge in [0.2, 0.25) is 5.91 Å². The zero-order valence-electron chi connectivity index (χ0n) is 14.1. The van der Waals surface area contributed by atoms with E-state index in [1.54, 1.807) is 11.1 Å². The second-order valence-electron chi connectivity index (χ2n) is 6.35. The molecule has 1 amide bonds. The maximum atomic E-state index is 12.3. The largest absolute Gasteiger partial charge is 0.481 e. The number of benzene rings is 1. The fourth-order valence-corrected chi connectivity index (χ4v) is 3.12. The number of rotatable bonds is 6. The van der Waals surface area contributed by atoms with Crippen molar-refractivity contribution in [3.05, 3.63) is 42.4 Å². The Balaban J connectivity index is 1.47. The van der Waals surface area contributed by atoms with Crippen molar-refractivity contribution in [2.45, 2.75) is 32.1 Å². The number of carboxylic acids is 1. The van der Waals surface area contributed by atoms with Crippen molar-refractivity contribution < 1.29 is 19.1 Å². The minimum atomic E-state index is -0.814. The highest BCUT2D eigenvalue weighted by Gasteiger charge is 2.27. The number of hydrogen-bond acceptors (Lipinski definition) is 4. The van der Waals surface area contributed by atoms with Crippen LogP contribution in [0.1, 0.15) is 31.6 Å². The zero-order chi connectivity index (χ0) is 17.6. The normalized spacial score (nSPS) is 17.4. The van der Waals surface area contributed by atoms with E-state index in [-0.39, 0.29) is 5.91 Å². The summed E-state index contributed by atoms with van der Waals surface area (Å²) < 4.78 is 5.73. The van der Waals surface area contributed by atoms with Crippen LogP contribution in [0.25, 0.3) is 11.3 Å². The number of aromatic nitrogens is 1. The Hall–Kier alpha value is -2.63. The summed E-state index contributed by atoms with van der Waals surface area (Å²) in [6.07, 6.45) is 4.72. The number of nitrogens with zero attached hydrogens (tertiary/aromatic N) is 2. The Labute approximate surface area is 146 Å². The summed E-state index contributed by atoms with van der Waals surface area (Å²) in [6.45, 7) is 0.977. The molecule has 0 aliphatic carbocycles. The Morgan fingerprint density at radius 2 is 2.08 bits per heavy atom. The van der Waals surface area contributed by atoms with Crippen molar-refractivity contribution in [1.29, 1.82) is 0 Å². The standard InChI is InChI=1S/C19H22N2O4/c22-18(21-11-5-8-15(13-21)19(23)24)10-4-9-17-20-12-16(25-17)14-6-2-1-3-7-14/h1-3,6-7,12,15H,4-5,8-11,13H2,(H,23,24)/t15-/m0/s1. The predicted molar refractivity (Wildman–Crippen MR) is 91.8 cm³/mol. The number of likely N-dealkylation sites (tertiary alicyclic amines) is 1. The molecule has 0 saturated carbocycles. The lowest BCUT2D eigenvalue weighted by molar-refractivity contribution is -0.145. The second-order valence-corrected chi connectivity index (χ2v) is 6.35. The van der Waals surface area contributed by atoms with Crippen molar-refractivity contribution in [3.8, 4) is 11.3 Å². The van der Waals surface area contributed by atoms with E-state index in [4.69, 9.17) is 9.52 Å². The molecule has 1 fully saturated rings. The first kappa shape index (κ1) is 17.2. The average molecular weight is 342 g/mol. The van der Waals surface area contributed by atoms with Crippen molar-refractivity contribution in [2.75, 3.05) is 13.1 Å². The molecule has 2 heterocycles. The molecule has 25 heavy (non-hydrogen) atoms. The number of piperidine rings is 1. The minimum absolute atomic E-state index is 0.0146. The quantitative estimate of drug-likeness (QED) is 0.872. The molecule has 1 aromatic heterocycles. The highest BCUT2D eigenvalue weighted by molar-refractivity contribution is 5.78. The summed E-state index contributed by atoms with van der Waals surface area (Å²) in [5, 5.41) is 9.10. The van der Waals surface area contributed by atoms with E-state index < -0.39 is 11.9 Å². The summed E-state index contributed by atoms with van der Waals surface area (Å²) in [4.78, 5) is 29.3. The maximum absolute atomic E-state index is 12.3. The first-order valence-corrected chi connectivity index (χ1v) is 8.64. The van der Waals surface area contributed by atoms with Crippen LogP contribution in [0.5, 0.6) is 0 Å². The van der Waals surface area contributed by atoms with Gasteiger partial charge in [-0.3, -0.25) is 9.59 Å². The van der Waals surface area contributed by atoms with Crippen molar-refractivity contribution in [3.63, 3.8) is 0 Å². The monoisotopic (exact) mass is 342 g/mol. The van der Waals surface area contributed by atoms with Gasteiger partial charge < -0.3 is 14.4 Å². The summed E-state index contributed by atoms with van der Waals surface area (Å²) in [6, 6.07) is 9.76. The smallest absolute Gasteiger partial charge is 0.308 e. The molecule has 1 atom stereocenters. The van der Waals surface area contributed by atoms with Gasteiger partial charge in [-0.25, -0.2) is 4.98 Å². The second kappa shape index (κ2) is 7.96. The Morgan fingerprint density at radius 3 is 2.84 bits per heavy atom. The van der Waals surface area contributed by atoms with E-state index >= 15 is 0 Å². The lowest BCUT2D eigenvalue weighted by atomic mass is 9.98. The van der Waals surface area contributed by atoms with E-state index in [1.807, 2.05) is 30.3 Å². The molecule has 0 radical (unpaired) electrons. The van der Waals surface area contributed by atoms with E-state index in [0.29, 0.717) is 44.7 Å². The number of aryl methyl sites for hydroxylation is 1. The molecule has 1 aromatic carbocycles. The molecule has 1 N–H and O–H groups in total. The first-order chi connectivity index (χ1) is 12.1. The molecular weight excluding hydrogens is 320 g/mol. The van der Waals surface area contributed by atoms with Gasteiger partial charge in [0.25, 0.3) is 0 Å². The van der Waals surface area contributed by atoms with E-state index in [2.05, 4.69) is 4.98 Å². The number of amides is 1. The summed E-state index contributed by atoms with van der Waals surface area (Å²) in [7, 11) is 0. The maximum Gasteiger partial charge on any atom is 0.308 e.